The molecule has 7 heteroatoms. The third-order valence-corrected chi connectivity index (χ3v) is 2.84. The second-order valence-electron chi connectivity index (χ2n) is 4.21. The maximum Gasteiger partial charge on any atom is 0.291 e. The van der Waals surface area contributed by atoms with Crippen LogP contribution >= 0.6 is 0 Å². The van der Waals surface area contributed by atoms with E-state index in [0.29, 0.717) is 17.1 Å². The van der Waals surface area contributed by atoms with Gasteiger partial charge in [-0.15, -0.1) is 0 Å². The molecule has 0 aliphatic carbocycles. The fourth-order valence-corrected chi connectivity index (χ4v) is 1.84. The molecule has 2 heterocycles. The summed E-state index contributed by atoms with van der Waals surface area (Å²) >= 11 is 0. The molecule has 0 amide bonds. The first-order chi connectivity index (χ1) is 9.54. The van der Waals surface area contributed by atoms with Crippen LogP contribution in [-0.4, -0.2) is 14.8 Å². The van der Waals surface area contributed by atoms with Crippen molar-refractivity contribution in [1.29, 1.82) is 0 Å². The van der Waals surface area contributed by atoms with Crippen LogP contribution in [0.4, 0.5) is 8.78 Å². The van der Waals surface area contributed by atoms with Gasteiger partial charge in [-0.1, -0.05) is 0 Å². The predicted octanol–water partition coefficient (Wildman–Crippen LogP) is 2.33. The number of hydrogen-bond acceptors (Lipinski definition) is 3. The Kier molecular flexibility index (Phi) is 2.74. The van der Waals surface area contributed by atoms with Crippen LogP contribution in [0.25, 0.3) is 11.0 Å². The smallest absolute Gasteiger partial charge is 0.291 e. The predicted molar refractivity (Wildman–Crippen MR) is 67.8 cm³/mol. The normalized spacial score (nSPS) is 10.9. The van der Waals surface area contributed by atoms with Gasteiger partial charge in [-0.3, -0.25) is 9.48 Å². The lowest BCUT2D eigenvalue weighted by atomic mass is 10.3. The summed E-state index contributed by atoms with van der Waals surface area (Å²) in [5.74, 6) is -1.91. The van der Waals surface area contributed by atoms with Gasteiger partial charge in [0.15, 0.2) is 17.3 Å². The number of H-pyrrole nitrogens is 1. The fourth-order valence-electron chi connectivity index (χ4n) is 1.84. The summed E-state index contributed by atoms with van der Waals surface area (Å²) in [5.41, 5.74) is 0.653. The third kappa shape index (κ3) is 2.03. The summed E-state index contributed by atoms with van der Waals surface area (Å²) in [7, 11) is 1.70. The van der Waals surface area contributed by atoms with Crippen LogP contribution in [0.1, 0.15) is 0 Å². The van der Waals surface area contributed by atoms with Crippen LogP contribution in [0.3, 0.4) is 0 Å². The van der Waals surface area contributed by atoms with Gasteiger partial charge in [0.05, 0.1) is 17.2 Å². The molecular weight excluding hydrogens is 268 g/mol. The lowest BCUT2D eigenvalue weighted by Crippen LogP contribution is -2.09. The minimum atomic E-state index is -0.880. The van der Waals surface area contributed by atoms with Crippen molar-refractivity contribution in [1.82, 2.24) is 14.8 Å². The van der Waals surface area contributed by atoms with Crippen molar-refractivity contribution in [3.8, 4) is 11.5 Å². The van der Waals surface area contributed by atoms with Crippen molar-refractivity contribution in [2.24, 2.45) is 7.05 Å². The summed E-state index contributed by atoms with van der Waals surface area (Å²) in [6, 6.07) is 4.31. The number of ether oxygens (including phenoxy) is 1. The summed E-state index contributed by atoms with van der Waals surface area (Å²) < 4.78 is 33.1. The molecule has 102 valence electrons. The van der Waals surface area contributed by atoms with E-state index < -0.39 is 17.2 Å². The van der Waals surface area contributed by atoms with Gasteiger partial charge in [-0.25, -0.2) is 8.78 Å². The standard InChI is InChI=1S/C13H9F2N3O2/c1-18-10-5-12(13(19)17-9(10)6-16-18)20-11-3-2-7(14)4-8(11)15/h2-6H,1H3,(H,17,19). The molecule has 3 aromatic rings. The highest BCUT2D eigenvalue weighted by Gasteiger charge is 2.11. The quantitative estimate of drug-likeness (QED) is 0.782. The minimum Gasteiger partial charge on any atom is -0.448 e. The third-order valence-electron chi connectivity index (χ3n) is 2.84. The van der Waals surface area contributed by atoms with Gasteiger partial charge in [-0.05, 0) is 12.1 Å². The average molecular weight is 277 g/mol. The first kappa shape index (κ1) is 12.3. The van der Waals surface area contributed by atoms with Crippen LogP contribution in [0.5, 0.6) is 11.5 Å². The molecule has 0 aliphatic rings. The molecule has 20 heavy (non-hydrogen) atoms. The molecule has 0 saturated carbocycles. The Bertz CT molecular complexity index is 854. The van der Waals surface area contributed by atoms with E-state index in [9.17, 15) is 13.6 Å². The zero-order valence-corrected chi connectivity index (χ0v) is 10.4. The first-order valence-corrected chi connectivity index (χ1v) is 5.72. The van der Waals surface area contributed by atoms with E-state index >= 15 is 0 Å². The zero-order valence-electron chi connectivity index (χ0n) is 10.4. The molecular formula is C13H9F2N3O2. The molecule has 1 N–H and O–H groups in total. The number of benzene rings is 1. The lowest BCUT2D eigenvalue weighted by molar-refractivity contribution is 0.433. The molecule has 0 radical (unpaired) electrons. The highest BCUT2D eigenvalue weighted by molar-refractivity contribution is 5.75. The highest BCUT2D eigenvalue weighted by Crippen LogP contribution is 2.24. The average Bonchev–Trinajstić information content (AvgIpc) is 2.74. The number of halogens is 2. The summed E-state index contributed by atoms with van der Waals surface area (Å²) in [5, 5.41) is 3.98. The first-order valence-electron chi connectivity index (χ1n) is 5.72. The number of aromatic nitrogens is 3. The van der Waals surface area contributed by atoms with Crippen molar-refractivity contribution in [3.63, 3.8) is 0 Å². The number of hydrogen-bond donors (Lipinski definition) is 1. The number of pyridine rings is 1. The zero-order chi connectivity index (χ0) is 14.3. The van der Waals surface area contributed by atoms with Gasteiger partial charge in [0.1, 0.15) is 5.82 Å². The van der Waals surface area contributed by atoms with Gasteiger partial charge in [0.2, 0.25) is 0 Å². The number of rotatable bonds is 2. The molecule has 3 rings (SSSR count). The van der Waals surface area contributed by atoms with Gasteiger partial charge in [0, 0.05) is 19.2 Å². The van der Waals surface area contributed by atoms with Crippen molar-refractivity contribution in [2.75, 3.05) is 0 Å². The van der Waals surface area contributed by atoms with Gasteiger partial charge >= 0.3 is 0 Å². The van der Waals surface area contributed by atoms with Gasteiger partial charge < -0.3 is 9.72 Å². The Hall–Kier alpha value is -2.70. The van der Waals surface area contributed by atoms with Crippen LogP contribution in [0.15, 0.2) is 35.3 Å². The van der Waals surface area contributed by atoms with Gasteiger partial charge in [0.25, 0.3) is 5.56 Å². The van der Waals surface area contributed by atoms with Crippen LogP contribution in [0, 0.1) is 11.6 Å². The summed E-state index contributed by atoms with van der Waals surface area (Å²) in [6.07, 6.45) is 1.50. The number of aromatic amines is 1. The molecule has 1 aromatic carbocycles. The second-order valence-corrected chi connectivity index (χ2v) is 4.21. The maximum absolute atomic E-state index is 13.5. The summed E-state index contributed by atoms with van der Waals surface area (Å²) in [6.45, 7) is 0. The SMILES string of the molecule is Cn1ncc2[nH]c(=O)c(Oc3ccc(F)cc3F)cc21. The number of fused-ring (bicyclic) bond motifs is 1. The van der Waals surface area contributed by atoms with E-state index in [-0.39, 0.29) is 11.5 Å². The van der Waals surface area contributed by atoms with E-state index in [1.165, 1.54) is 12.3 Å². The van der Waals surface area contributed by atoms with E-state index in [1.807, 2.05) is 0 Å². The van der Waals surface area contributed by atoms with Crippen LogP contribution in [-0.2, 0) is 7.05 Å². The minimum absolute atomic E-state index is 0.0911. The lowest BCUT2D eigenvalue weighted by Gasteiger charge is -2.06. The van der Waals surface area contributed by atoms with E-state index in [1.54, 1.807) is 11.7 Å². The molecule has 0 unspecified atom stereocenters. The monoisotopic (exact) mass is 277 g/mol. The van der Waals surface area contributed by atoms with Crippen molar-refractivity contribution in [3.05, 3.63) is 52.5 Å². The Morgan fingerprint density at radius 2 is 2.05 bits per heavy atom. The molecule has 2 aromatic heterocycles. The van der Waals surface area contributed by atoms with E-state index in [2.05, 4.69) is 10.1 Å². The Balaban J connectivity index is 2.07. The number of nitrogens with one attached hydrogen (secondary N) is 1. The topological polar surface area (TPSA) is 59.9 Å². The van der Waals surface area contributed by atoms with Crippen LogP contribution in [0.2, 0.25) is 0 Å². The molecule has 5 nitrogen and oxygen atoms in total. The fraction of sp³-hybridized carbons (Fsp3) is 0.0769. The molecule has 0 atom stereocenters. The van der Waals surface area contributed by atoms with Crippen molar-refractivity contribution < 1.29 is 13.5 Å². The Labute approximate surface area is 111 Å². The Morgan fingerprint density at radius 1 is 1.25 bits per heavy atom. The van der Waals surface area contributed by atoms with E-state index in [4.69, 9.17) is 4.74 Å². The summed E-state index contributed by atoms with van der Waals surface area (Å²) in [4.78, 5) is 14.4. The van der Waals surface area contributed by atoms with E-state index in [0.717, 1.165) is 12.1 Å². The Morgan fingerprint density at radius 3 is 2.80 bits per heavy atom. The van der Waals surface area contributed by atoms with Crippen LogP contribution < -0.4 is 10.3 Å². The molecule has 0 bridgehead atoms. The molecule has 0 spiro atoms. The number of aryl methyl sites for hydroxylation is 1. The highest BCUT2D eigenvalue weighted by atomic mass is 19.1. The number of nitrogens with zero attached hydrogens (tertiary/aromatic N) is 2. The molecule has 0 fully saturated rings. The molecule has 0 saturated heterocycles. The molecule has 0 aliphatic heterocycles. The van der Waals surface area contributed by atoms with Crippen molar-refractivity contribution in [2.45, 2.75) is 0 Å². The maximum atomic E-state index is 13.5. The van der Waals surface area contributed by atoms with Crippen molar-refractivity contribution >= 4 is 11.0 Å². The largest absolute Gasteiger partial charge is 0.448 e. The second kappa shape index (κ2) is 4.44. The van der Waals surface area contributed by atoms with Gasteiger partial charge in [-0.2, -0.15) is 5.10 Å².